The fourth-order valence-corrected chi connectivity index (χ4v) is 2.89. The maximum absolute atomic E-state index is 12.1. The molecule has 2 rings (SSSR count). The highest BCUT2D eigenvalue weighted by Gasteiger charge is 2.14. The van der Waals surface area contributed by atoms with Crippen LogP contribution in [0.15, 0.2) is 47.4 Å². The largest absolute Gasteiger partial charge is 0.454 e. The molecule has 24 heavy (non-hydrogen) atoms. The van der Waals surface area contributed by atoms with Crippen LogP contribution in [0.2, 0.25) is 0 Å². The molecule has 0 N–H and O–H groups in total. The van der Waals surface area contributed by atoms with Crippen LogP contribution in [0, 0.1) is 13.8 Å². The van der Waals surface area contributed by atoms with Crippen molar-refractivity contribution in [3.8, 4) is 0 Å². The SMILES string of the molecule is Cc1ccc(C(=O)COC(=O)c2ccc(S(C)(=O)=O)cc2)c(C)c1. The number of sulfone groups is 1. The molecule has 0 fully saturated rings. The van der Waals surface area contributed by atoms with E-state index < -0.39 is 15.8 Å². The van der Waals surface area contributed by atoms with Crippen LogP contribution in [-0.4, -0.2) is 33.0 Å². The Hall–Kier alpha value is -2.47. The first-order valence-electron chi connectivity index (χ1n) is 7.26. The molecule has 0 aliphatic rings. The van der Waals surface area contributed by atoms with Crippen molar-refractivity contribution >= 4 is 21.6 Å². The quantitative estimate of drug-likeness (QED) is 0.614. The van der Waals surface area contributed by atoms with Gasteiger partial charge in [-0.3, -0.25) is 4.79 Å². The van der Waals surface area contributed by atoms with Gasteiger partial charge in [-0.2, -0.15) is 0 Å². The molecule has 2 aromatic carbocycles. The summed E-state index contributed by atoms with van der Waals surface area (Å²) in [5.41, 5.74) is 2.58. The van der Waals surface area contributed by atoms with Crippen LogP contribution in [0.5, 0.6) is 0 Å². The van der Waals surface area contributed by atoms with Gasteiger partial charge < -0.3 is 4.74 Å². The first kappa shape index (κ1) is 17.9. The molecule has 0 amide bonds. The van der Waals surface area contributed by atoms with Crippen LogP contribution in [-0.2, 0) is 14.6 Å². The van der Waals surface area contributed by atoms with Crippen LogP contribution >= 0.6 is 0 Å². The number of carbonyl (C=O) groups is 2. The normalized spacial score (nSPS) is 11.1. The Bertz CT molecular complexity index is 880. The molecule has 0 aromatic heterocycles. The summed E-state index contributed by atoms with van der Waals surface area (Å²) in [4.78, 5) is 24.2. The number of esters is 1. The lowest BCUT2D eigenvalue weighted by molar-refractivity contribution is 0.0474. The number of aryl methyl sites for hydroxylation is 2. The van der Waals surface area contributed by atoms with Crippen molar-refractivity contribution in [2.24, 2.45) is 0 Å². The maximum atomic E-state index is 12.1. The summed E-state index contributed by atoms with van der Waals surface area (Å²) in [6.07, 6.45) is 1.09. The number of carbonyl (C=O) groups excluding carboxylic acids is 2. The molecule has 0 aliphatic carbocycles. The van der Waals surface area contributed by atoms with Gasteiger partial charge in [0.15, 0.2) is 16.4 Å². The average Bonchev–Trinajstić information content (AvgIpc) is 2.51. The Labute approximate surface area is 141 Å². The smallest absolute Gasteiger partial charge is 0.338 e. The van der Waals surface area contributed by atoms with Gasteiger partial charge in [0.05, 0.1) is 10.5 Å². The van der Waals surface area contributed by atoms with Gasteiger partial charge in [-0.1, -0.05) is 23.8 Å². The topological polar surface area (TPSA) is 77.5 Å². The lowest BCUT2D eigenvalue weighted by atomic mass is 10.0. The molecule has 2 aromatic rings. The molecule has 0 saturated carbocycles. The highest BCUT2D eigenvalue weighted by Crippen LogP contribution is 2.13. The van der Waals surface area contributed by atoms with Gasteiger partial charge in [-0.25, -0.2) is 13.2 Å². The van der Waals surface area contributed by atoms with Crippen LogP contribution in [0.4, 0.5) is 0 Å². The van der Waals surface area contributed by atoms with E-state index >= 15 is 0 Å². The van der Waals surface area contributed by atoms with Crippen molar-refractivity contribution in [1.29, 1.82) is 0 Å². The predicted molar refractivity (Wildman–Crippen MR) is 90.1 cm³/mol. The van der Waals surface area contributed by atoms with E-state index in [1.165, 1.54) is 24.3 Å². The minimum atomic E-state index is -3.32. The van der Waals surface area contributed by atoms with Gasteiger partial charge in [-0.05, 0) is 43.7 Å². The molecule has 0 unspecified atom stereocenters. The zero-order valence-corrected chi connectivity index (χ0v) is 14.5. The Balaban J connectivity index is 2.03. The van der Waals surface area contributed by atoms with Crippen LogP contribution in [0.1, 0.15) is 31.8 Å². The molecule has 0 radical (unpaired) electrons. The van der Waals surface area contributed by atoms with E-state index in [2.05, 4.69) is 0 Å². The monoisotopic (exact) mass is 346 g/mol. The summed E-state index contributed by atoms with van der Waals surface area (Å²) < 4.78 is 27.8. The molecule has 0 saturated heterocycles. The number of rotatable bonds is 5. The number of ketones is 1. The molecular formula is C18H18O5S. The molecule has 0 spiro atoms. The molecule has 0 aliphatic heterocycles. The van der Waals surface area contributed by atoms with Crippen LogP contribution < -0.4 is 0 Å². The summed E-state index contributed by atoms with van der Waals surface area (Å²) in [7, 11) is -3.32. The van der Waals surface area contributed by atoms with Crippen molar-refractivity contribution in [2.45, 2.75) is 18.7 Å². The fourth-order valence-electron chi connectivity index (χ4n) is 2.26. The predicted octanol–water partition coefficient (Wildman–Crippen LogP) is 2.75. The van der Waals surface area contributed by atoms with E-state index in [9.17, 15) is 18.0 Å². The van der Waals surface area contributed by atoms with E-state index in [4.69, 9.17) is 4.74 Å². The van der Waals surface area contributed by atoms with Crippen molar-refractivity contribution in [1.82, 2.24) is 0 Å². The first-order valence-corrected chi connectivity index (χ1v) is 9.15. The molecule has 0 heterocycles. The molecule has 6 heteroatoms. The van der Waals surface area contributed by atoms with E-state index in [0.717, 1.165) is 17.4 Å². The third-order valence-corrected chi connectivity index (χ3v) is 4.66. The number of Topliss-reactive ketones (excluding diaryl/α,β-unsaturated/α-hetero) is 1. The van der Waals surface area contributed by atoms with Crippen molar-refractivity contribution < 1.29 is 22.7 Å². The van der Waals surface area contributed by atoms with Gasteiger partial charge in [0.1, 0.15) is 0 Å². The minimum Gasteiger partial charge on any atom is -0.454 e. The third kappa shape index (κ3) is 4.29. The van der Waals surface area contributed by atoms with Gasteiger partial charge in [0.2, 0.25) is 5.78 Å². The van der Waals surface area contributed by atoms with Gasteiger partial charge in [0, 0.05) is 11.8 Å². The lowest BCUT2D eigenvalue weighted by Gasteiger charge is -2.08. The summed E-state index contributed by atoms with van der Waals surface area (Å²) in [5, 5.41) is 0. The number of hydrogen-bond acceptors (Lipinski definition) is 5. The maximum Gasteiger partial charge on any atom is 0.338 e. The Morgan fingerprint density at radius 1 is 1.00 bits per heavy atom. The second-order valence-electron chi connectivity index (χ2n) is 5.61. The minimum absolute atomic E-state index is 0.116. The van der Waals surface area contributed by atoms with Crippen molar-refractivity contribution in [2.75, 3.05) is 12.9 Å². The molecule has 5 nitrogen and oxygen atoms in total. The van der Waals surface area contributed by atoms with E-state index in [0.29, 0.717) is 5.56 Å². The molecular weight excluding hydrogens is 328 g/mol. The standard InChI is InChI=1S/C18H18O5S/c1-12-4-9-16(13(2)10-12)17(19)11-23-18(20)14-5-7-15(8-6-14)24(3,21)22/h4-10H,11H2,1-3H3. The number of ether oxygens (including phenoxy) is 1. The fraction of sp³-hybridized carbons (Fsp3) is 0.222. The third-order valence-electron chi connectivity index (χ3n) is 3.53. The average molecular weight is 346 g/mol. The summed E-state index contributed by atoms with van der Waals surface area (Å²) in [6.45, 7) is 3.39. The van der Waals surface area contributed by atoms with Gasteiger partial charge in [0.25, 0.3) is 0 Å². The van der Waals surface area contributed by atoms with E-state index in [-0.39, 0.29) is 22.8 Å². The second kappa shape index (κ2) is 6.97. The second-order valence-corrected chi connectivity index (χ2v) is 7.63. The molecule has 0 bridgehead atoms. The van der Waals surface area contributed by atoms with Crippen LogP contribution in [0.25, 0.3) is 0 Å². The Kier molecular flexibility index (Phi) is 5.19. The van der Waals surface area contributed by atoms with E-state index in [1.54, 1.807) is 6.07 Å². The summed E-state index contributed by atoms with van der Waals surface area (Å²) in [6, 6.07) is 10.8. The van der Waals surface area contributed by atoms with Crippen molar-refractivity contribution in [3.63, 3.8) is 0 Å². The first-order chi connectivity index (χ1) is 11.2. The number of benzene rings is 2. The highest BCUT2D eigenvalue weighted by molar-refractivity contribution is 7.90. The number of hydrogen-bond donors (Lipinski definition) is 0. The zero-order chi connectivity index (χ0) is 17.9. The highest BCUT2D eigenvalue weighted by atomic mass is 32.2. The van der Waals surface area contributed by atoms with Crippen molar-refractivity contribution in [3.05, 3.63) is 64.7 Å². The zero-order valence-electron chi connectivity index (χ0n) is 13.7. The summed E-state index contributed by atoms with van der Waals surface area (Å²) in [5.74, 6) is -0.957. The molecule has 0 atom stereocenters. The Morgan fingerprint density at radius 3 is 2.17 bits per heavy atom. The van der Waals surface area contributed by atoms with Gasteiger partial charge in [-0.15, -0.1) is 0 Å². The lowest BCUT2D eigenvalue weighted by Crippen LogP contribution is -2.15. The van der Waals surface area contributed by atoms with Crippen LogP contribution in [0.3, 0.4) is 0 Å². The van der Waals surface area contributed by atoms with E-state index in [1.807, 2.05) is 26.0 Å². The Morgan fingerprint density at radius 2 is 1.62 bits per heavy atom. The summed E-state index contributed by atoms with van der Waals surface area (Å²) >= 11 is 0. The van der Waals surface area contributed by atoms with Gasteiger partial charge >= 0.3 is 5.97 Å². The molecule has 126 valence electrons.